The molecule has 0 heterocycles. The molecule has 1 radical (unpaired) electrons. The third-order valence-corrected chi connectivity index (χ3v) is 3.00. The molecule has 0 amide bonds. The average molecular weight is 170 g/mol. The van der Waals surface area contributed by atoms with Crippen LogP contribution in [-0.4, -0.2) is 23.5 Å². The molecule has 0 bridgehead atoms. The highest BCUT2D eigenvalue weighted by Crippen LogP contribution is 2.24. The van der Waals surface area contributed by atoms with Crippen LogP contribution in [0.5, 0.6) is 0 Å². The molecule has 1 heteroatoms. The van der Waals surface area contributed by atoms with E-state index in [0.717, 1.165) is 19.5 Å². The lowest BCUT2D eigenvalue weighted by Crippen LogP contribution is -2.45. The summed E-state index contributed by atoms with van der Waals surface area (Å²) in [5.74, 6) is 0. The average Bonchev–Trinajstić information content (AvgIpc) is 2.07. The summed E-state index contributed by atoms with van der Waals surface area (Å²) in [7, 11) is 0. The second-order valence-corrected chi connectivity index (χ2v) is 3.63. The summed E-state index contributed by atoms with van der Waals surface area (Å²) in [6.45, 7) is 15.3. The van der Waals surface area contributed by atoms with E-state index < -0.39 is 0 Å². The second-order valence-electron chi connectivity index (χ2n) is 3.63. The van der Waals surface area contributed by atoms with E-state index in [1.165, 1.54) is 12.8 Å². The Hall–Kier alpha value is -0.0400. The van der Waals surface area contributed by atoms with Crippen molar-refractivity contribution >= 4 is 0 Å². The molecule has 0 fully saturated rings. The Bertz CT molecular complexity index is 108. The van der Waals surface area contributed by atoms with Crippen molar-refractivity contribution in [2.24, 2.45) is 0 Å². The molecular weight excluding hydrogens is 146 g/mol. The van der Waals surface area contributed by atoms with Crippen LogP contribution in [0.2, 0.25) is 0 Å². The minimum atomic E-state index is 0.380. The largest absolute Gasteiger partial charge is 0.298 e. The molecule has 0 N–H and O–H groups in total. The van der Waals surface area contributed by atoms with E-state index in [1.54, 1.807) is 0 Å². The van der Waals surface area contributed by atoms with Crippen molar-refractivity contribution in [3.05, 3.63) is 6.92 Å². The maximum Gasteiger partial charge on any atom is 0.0178 e. The fourth-order valence-electron chi connectivity index (χ4n) is 1.93. The fourth-order valence-corrected chi connectivity index (χ4v) is 1.93. The Balaban J connectivity index is 4.24. The standard InChI is InChI=1S/C11H24N/c1-6-10-11(5,7-2)12(8-3)9-4/h1,6-10H2,2-5H3. The topological polar surface area (TPSA) is 3.24 Å². The van der Waals surface area contributed by atoms with Gasteiger partial charge in [-0.25, -0.2) is 0 Å². The molecule has 0 spiro atoms. The van der Waals surface area contributed by atoms with Gasteiger partial charge in [0.05, 0.1) is 0 Å². The van der Waals surface area contributed by atoms with Crippen molar-refractivity contribution in [2.75, 3.05) is 13.1 Å². The second kappa shape index (κ2) is 5.58. The molecule has 0 aliphatic carbocycles. The van der Waals surface area contributed by atoms with Crippen molar-refractivity contribution in [2.45, 2.75) is 52.5 Å². The van der Waals surface area contributed by atoms with Crippen molar-refractivity contribution in [1.29, 1.82) is 0 Å². The first kappa shape index (κ1) is 12.0. The highest BCUT2D eigenvalue weighted by molar-refractivity contribution is 4.83. The summed E-state index contributed by atoms with van der Waals surface area (Å²) in [6.07, 6.45) is 3.48. The molecule has 0 aromatic heterocycles. The minimum Gasteiger partial charge on any atom is -0.298 e. The number of hydrogen-bond acceptors (Lipinski definition) is 1. The van der Waals surface area contributed by atoms with Crippen molar-refractivity contribution in [3.63, 3.8) is 0 Å². The Morgan fingerprint density at radius 2 is 1.67 bits per heavy atom. The van der Waals surface area contributed by atoms with Crippen molar-refractivity contribution in [3.8, 4) is 0 Å². The van der Waals surface area contributed by atoms with Gasteiger partial charge in [-0.2, -0.15) is 0 Å². The predicted molar refractivity (Wildman–Crippen MR) is 56.2 cm³/mol. The van der Waals surface area contributed by atoms with Crippen LogP contribution in [0.3, 0.4) is 0 Å². The normalized spacial score (nSPS) is 16.5. The van der Waals surface area contributed by atoms with Crippen LogP contribution < -0.4 is 0 Å². The van der Waals surface area contributed by atoms with Crippen LogP contribution in [0, 0.1) is 6.92 Å². The monoisotopic (exact) mass is 170 g/mol. The molecule has 12 heavy (non-hydrogen) atoms. The van der Waals surface area contributed by atoms with Gasteiger partial charge in [-0.05, 0) is 32.9 Å². The first-order valence-corrected chi connectivity index (χ1v) is 5.18. The third kappa shape index (κ3) is 2.78. The predicted octanol–water partition coefficient (Wildman–Crippen LogP) is 3.11. The lowest BCUT2D eigenvalue weighted by atomic mass is 9.91. The first-order valence-electron chi connectivity index (χ1n) is 5.18. The zero-order chi connectivity index (χ0) is 9.61. The highest BCUT2D eigenvalue weighted by Gasteiger charge is 2.26. The molecule has 0 saturated carbocycles. The van der Waals surface area contributed by atoms with E-state index in [9.17, 15) is 0 Å². The summed E-state index contributed by atoms with van der Waals surface area (Å²) in [5, 5.41) is 0. The van der Waals surface area contributed by atoms with Gasteiger partial charge in [-0.3, -0.25) is 4.90 Å². The van der Waals surface area contributed by atoms with Gasteiger partial charge in [0.2, 0.25) is 0 Å². The van der Waals surface area contributed by atoms with E-state index in [-0.39, 0.29) is 0 Å². The molecule has 1 atom stereocenters. The zero-order valence-corrected chi connectivity index (χ0v) is 9.19. The van der Waals surface area contributed by atoms with E-state index in [1.807, 2.05) is 0 Å². The van der Waals surface area contributed by atoms with Gasteiger partial charge in [0.25, 0.3) is 0 Å². The molecule has 0 aromatic rings. The van der Waals surface area contributed by atoms with E-state index >= 15 is 0 Å². The van der Waals surface area contributed by atoms with Crippen LogP contribution in [0.25, 0.3) is 0 Å². The van der Waals surface area contributed by atoms with E-state index in [4.69, 9.17) is 0 Å². The number of rotatable bonds is 6. The molecule has 0 aromatic carbocycles. The Morgan fingerprint density at radius 1 is 1.17 bits per heavy atom. The van der Waals surface area contributed by atoms with E-state index in [2.05, 4.69) is 39.5 Å². The van der Waals surface area contributed by atoms with Gasteiger partial charge in [-0.15, -0.1) is 0 Å². The Kier molecular flexibility index (Phi) is 5.56. The Morgan fingerprint density at radius 3 is 1.92 bits per heavy atom. The first-order chi connectivity index (χ1) is 5.64. The molecule has 1 unspecified atom stereocenters. The van der Waals surface area contributed by atoms with Crippen LogP contribution in [0.1, 0.15) is 47.0 Å². The molecule has 73 valence electrons. The summed E-state index contributed by atoms with van der Waals surface area (Å²) >= 11 is 0. The summed E-state index contributed by atoms with van der Waals surface area (Å²) < 4.78 is 0. The van der Waals surface area contributed by atoms with Crippen LogP contribution in [0.4, 0.5) is 0 Å². The maximum absolute atomic E-state index is 3.94. The lowest BCUT2D eigenvalue weighted by Gasteiger charge is -2.39. The van der Waals surface area contributed by atoms with Crippen LogP contribution in [0.15, 0.2) is 0 Å². The van der Waals surface area contributed by atoms with Crippen molar-refractivity contribution < 1.29 is 0 Å². The zero-order valence-electron chi connectivity index (χ0n) is 9.19. The smallest absolute Gasteiger partial charge is 0.0178 e. The van der Waals surface area contributed by atoms with Gasteiger partial charge in [0, 0.05) is 5.54 Å². The van der Waals surface area contributed by atoms with Gasteiger partial charge >= 0.3 is 0 Å². The number of nitrogens with zero attached hydrogens (tertiary/aromatic N) is 1. The molecule has 1 nitrogen and oxygen atoms in total. The molecule has 0 aliphatic rings. The summed E-state index contributed by atoms with van der Waals surface area (Å²) in [4.78, 5) is 2.54. The van der Waals surface area contributed by atoms with Gasteiger partial charge in [0.15, 0.2) is 0 Å². The van der Waals surface area contributed by atoms with Gasteiger partial charge in [-0.1, -0.05) is 34.1 Å². The minimum absolute atomic E-state index is 0.380. The van der Waals surface area contributed by atoms with Crippen molar-refractivity contribution in [1.82, 2.24) is 4.90 Å². The maximum atomic E-state index is 3.94. The van der Waals surface area contributed by atoms with Crippen LogP contribution in [-0.2, 0) is 0 Å². The fraction of sp³-hybridized carbons (Fsp3) is 0.909. The van der Waals surface area contributed by atoms with E-state index in [0.29, 0.717) is 5.54 Å². The van der Waals surface area contributed by atoms with Gasteiger partial charge in [0.1, 0.15) is 0 Å². The molecule has 0 saturated heterocycles. The third-order valence-electron chi connectivity index (χ3n) is 3.00. The highest BCUT2D eigenvalue weighted by atomic mass is 15.2. The molecule has 0 rings (SSSR count). The quantitative estimate of drug-likeness (QED) is 0.592. The van der Waals surface area contributed by atoms with Gasteiger partial charge < -0.3 is 0 Å². The molecule has 0 aliphatic heterocycles. The summed E-state index contributed by atoms with van der Waals surface area (Å²) in [6, 6.07) is 0. The number of hydrogen-bond donors (Lipinski definition) is 0. The Labute approximate surface area is 78.1 Å². The summed E-state index contributed by atoms with van der Waals surface area (Å²) in [5.41, 5.74) is 0.380. The lowest BCUT2D eigenvalue weighted by molar-refractivity contribution is 0.103. The SMILES string of the molecule is [CH2]CCC(C)(CC)N(CC)CC. The molecular formula is C11H24N. The van der Waals surface area contributed by atoms with Crippen LogP contribution >= 0.6 is 0 Å².